The third-order valence-electron chi connectivity index (χ3n) is 3.00. The predicted octanol–water partition coefficient (Wildman–Crippen LogP) is 1.34. The van der Waals surface area contributed by atoms with Gasteiger partial charge < -0.3 is 19.9 Å². The summed E-state index contributed by atoms with van der Waals surface area (Å²) in [6.07, 6.45) is 0.619. The van der Waals surface area contributed by atoms with Gasteiger partial charge in [-0.05, 0) is 24.1 Å². The van der Waals surface area contributed by atoms with E-state index >= 15 is 0 Å². The summed E-state index contributed by atoms with van der Waals surface area (Å²) in [7, 11) is 3.14. The molecule has 1 rings (SSSR count). The highest BCUT2D eigenvalue weighted by molar-refractivity contribution is 5.78. The van der Waals surface area contributed by atoms with Crippen LogP contribution < -0.4 is 14.8 Å². The second-order valence-electron chi connectivity index (χ2n) is 4.19. The maximum atomic E-state index is 11.7. The summed E-state index contributed by atoms with van der Waals surface area (Å²) in [5.41, 5.74) is 0.916. The summed E-state index contributed by atoms with van der Waals surface area (Å²) in [6.45, 7) is 2.14. The van der Waals surface area contributed by atoms with Crippen molar-refractivity contribution in [3.05, 3.63) is 23.8 Å². The van der Waals surface area contributed by atoms with Crippen LogP contribution in [0.15, 0.2) is 18.2 Å². The van der Waals surface area contributed by atoms with Crippen molar-refractivity contribution in [2.24, 2.45) is 5.92 Å². The van der Waals surface area contributed by atoms with E-state index in [-0.39, 0.29) is 18.4 Å². The summed E-state index contributed by atoms with van der Waals surface area (Å²) >= 11 is 0. The average Bonchev–Trinajstić information content (AvgIpc) is 2.45. The van der Waals surface area contributed by atoms with E-state index in [0.717, 1.165) is 5.56 Å². The maximum absolute atomic E-state index is 11.7. The predicted molar refractivity (Wildman–Crippen MR) is 72.3 cm³/mol. The van der Waals surface area contributed by atoms with Gasteiger partial charge in [-0.1, -0.05) is 13.0 Å². The summed E-state index contributed by atoms with van der Waals surface area (Å²) in [5, 5.41) is 11.8. The smallest absolute Gasteiger partial charge is 0.225 e. The van der Waals surface area contributed by atoms with Gasteiger partial charge in [0, 0.05) is 6.54 Å². The number of hydrogen-bond acceptors (Lipinski definition) is 4. The average molecular weight is 267 g/mol. The Morgan fingerprint density at radius 1 is 1.32 bits per heavy atom. The molecule has 0 saturated heterocycles. The number of aliphatic hydroxyl groups is 1. The van der Waals surface area contributed by atoms with Gasteiger partial charge in [-0.25, -0.2) is 0 Å². The zero-order valence-electron chi connectivity index (χ0n) is 11.6. The molecule has 0 saturated carbocycles. The Morgan fingerprint density at radius 3 is 2.53 bits per heavy atom. The molecule has 0 spiro atoms. The van der Waals surface area contributed by atoms with E-state index in [1.54, 1.807) is 20.3 Å². The highest BCUT2D eigenvalue weighted by Gasteiger charge is 2.14. The van der Waals surface area contributed by atoms with Crippen molar-refractivity contribution < 1.29 is 19.4 Å². The highest BCUT2D eigenvalue weighted by Crippen LogP contribution is 2.27. The number of ether oxygens (including phenoxy) is 2. The van der Waals surface area contributed by atoms with Gasteiger partial charge in [0.1, 0.15) is 0 Å². The lowest BCUT2D eigenvalue weighted by atomic mass is 10.1. The van der Waals surface area contributed by atoms with Crippen molar-refractivity contribution >= 4 is 5.91 Å². The van der Waals surface area contributed by atoms with E-state index in [1.165, 1.54) is 0 Å². The Bertz CT molecular complexity index is 416. The topological polar surface area (TPSA) is 67.8 Å². The van der Waals surface area contributed by atoms with Crippen LogP contribution in [0.25, 0.3) is 0 Å². The molecule has 0 bridgehead atoms. The molecule has 5 heteroatoms. The van der Waals surface area contributed by atoms with E-state index < -0.39 is 0 Å². The lowest BCUT2D eigenvalue weighted by molar-refractivity contribution is -0.126. The largest absolute Gasteiger partial charge is 0.493 e. The molecular weight excluding hydrogens is 246 g/mol. The van der Waals surface area contributed by atoms with Gasteiger partial charge in [0.2, 0.25) is 5.91 Å². The van der Waals surface area contributed by atoms with Crippen LogP contribution in [-0.4, -0.2) is 31.8 Å². The molecule has 0 aliphatic rings. The third-order valence-corrected chi connectivity index (χ3v) is 3.00. The molecule has 19 heavy (non-hydrogen) atoms. The molecule has 1 aromatic carbocycles. The van der Waals surface area contributed by atoms with Gasteiger partial charge >= 0.3 is 0 Å². The molecule has 0 radical (unpaired) electrons. The van der Waals surface area contributed by atoms with Gasteiger partial charge in [0.05, 0.1) is 26.7 Å². The SMILES string of the molecule is CCC(CO)C(=O)NCc1ccc(OC)c(OC)c1. The Balaban J connectivity index is 2.65. The van der Waals surface area contributed by atoms with Crippen LogP contribution in [0, 0.1) is 5.92 Å². The summed E-state index contributed by atoms with van der Waals surface area (Å²) in [6, 6.07) is 5.48. The molecule has 5 nitrogen and oxygen atoms in total. The van der Waals surface area contributed by atoms with E-state index in [9.17, 15) is 4.79 Å². The number of hydrogen-bond donors (Lipinski definition) is 2. The van der Waals surface area contributed by atoms with Gasteiger partial charge in [-0.3, -0.25) is 4.79 Å². The minimum Gasteiger partial charge on any atom is -0.493 e. The second-order valence-corrected chi connectivity index (χ2v) is 4.19. The first-order valence-electron chi connectivity index (χ1n) is 6.25. The van der Waals surface area contributed by atoms with Crippen molar-refractivity contribution in [1.82, 2.24) is 5.32 Å². The molecule has 1 unspecified atom stereocenters. The quantitative estimate of drug-likeness (QED) is 0.782. The van der Waals surface area contributed by atoms with Gasteiger partial charge in [0.15, 0.2) is 11.5 Å². The van der Waals surface area contributed by atoms with Gasteiger partial charge in [-0.15, -0.1) is 0 Å². The highest BCUT2D eigenvalue weighted by atomic mass is 16.5. The number of carbonyl (C=O) groups is 1. The Kier molecular flexibility index (Phi) is 6.15. The minimum atomic E-state index is -0.347. The molecule has 1 aromatic rings. The van der Waals surface area contributed by atoms with Crippen LogP contribution in [-0.2, 0) is 11.3 Å². The Morgan fingerprint density at radius 2 is 2.00 bits per heavy atom. The standard InChI is InChI=1S/C14H21NO4/c1-4-11(9-16)14(17)15-8-10-5-6-12(18-2)13(7-10)19-3/h5-7,11,16H,4,8-9H2,1-3H3,(H,15,17). The van der Waals surface area contributed by atoms with Crippen molar-refractivity contribution in [3.8, 4) is 11.5 Å². The molecule has 1 atom stereocenters. The first-order chi connectivity index (χ1) is 9.15. The third kappa shape index (κ3) is 4.13. The number of methoxy groups -OCH3 is 2. The van der Waals surface area contributed by atoms with E-state index in [2.05, 4.69) is 5.32 Å². The number of benzene rings is 1. The lowest BCUT2D eigenvalue weighted by Gasteiger charge is -2.13. The molecule has 1 amide bonds. The Hall–Kier alpha value is -1.75. The van der Waals surface area contributed by atoms with Crippen molar-refractivity contribution in [2.75, 3.05) is 20.8 Å². The van der Waals surface area contributed by atoms with Crippen molar-refractivity contribution in [3.63, 3.8) is 0 Å². The van der Waals surface area contributed by atoms with Crippen LogP contribution in [0.4, 0.5) is 0 Å². The van der Waals surface area contributed by atoms with Gasteiger partial charge in [-0.2, -0.15) is 0 Å². The summed E-state index contributed by atoms with van der Waals surface area (Å²) < 4.78 is 10.3. The normalized spacial score (nSPS) is 11.8. The molecule has 2 N–H and O–H groups in total. The first-order valence-corrected chi connectivity index (χ1v) is 6.25. The zero-order valence-corrected chi connectivity index (χ0v) is 11.6. The molecule has 106 valence electrons. The van der Waals surface area contributed by atoms with Crippen molar-refractivity contribution in [2.45, 2.75) is 19.9 Å². The maximum Gasteiger partial charge on any atom is 0.225 e. The minimum absolute atomic E-state index is 0.131. The fourth-order valence-electron chi connectivity index (χ4n) is 1.72. The molecule has 0 aliphatic heterocycles. The number of amides is 1. The van der Waals surface area contributed by atoms with Crippen LogP contribution in [0.1, 0.15) is 18.9 Å². The summed E-state index contributed by atoms with van der Waals surface area (Å²) in [5.74, 6) is 0.794. The molecular formula is C14H21NO4. The van der Waals surface area contributed by atoms with Crippen LogP contribution in [0.3, 0.4) is 0 Å². The number of nitrogens with one attached hydrogen (secondary N) is 1. The van der Waals surface area contributed by atoms with Crippen LogP contribution in [0.5, 0.6) is 11.5 Å². The molecule has 0 aliphatic carbocycles. The Labute approximate surface area is 113 Å². The number of aliphatic hydroxyl groups excluding tert-OH is 1. The van der Waals surface area contributed by atoms with E-state index in [4.69, 9.17) is 14.6 Å². The monoisotopic (exact) mass is 267 g/mol. The zero-order chi connectivity index (χ0) is 14.3. The number of carbonyl (C=O) groups excluding carboxylic acids is 1. The molecule has 0 fully saturated rings. The second kappa shape index (κ2) is 7.63. The molecule has 0 aromatic heterocycles. The first kappa shape index (κ1) is 15.3. The van der Waals surface area contributed by atoms with Crippen molar-refractivity contribution in [1.29, 1.82) is 0 Å². The van der Waals surface area contributed by atoms with E-state index in [0.29, 0.717) is 24.5 Å². The summed E-state index contributed by atoms with van der Waals surface area (Å²) in [4.78, 5) is 11.7. The number of rotatable bonds is 7. The van der Waals surface area contributed by atoms with Crippen LogP contribution >= 0.6 is 0 Å². The fraction of sp³-hybridized carbons (Fsp3) is 0.500. The molecule has 0 heterocycles. The fourth-order valence-corrected chi connectivity index (χ4v) is 1.72. The lowest BCUT2D eigenvalue weighted by Crippen LogP contribution is -2.31. The van der Waals surface area contributed by atoms with Crippen LogP contribution in [0.2, 0.25) is 0 Å². The van der Waals surface area contributed by atoms with Gasteiger partial charge in [0.25, 0.3) is 0 Å². The van der Waals surface area contributed by atoms with E-state index in [1.807, 2.05) is 19.1 Å².